The summed E-state index contributed by atoms with van der Waals surface area (Å²) in [5.41, 5.74) is 5.68. The van der Waals surface area contributed by atoms with E-state index in [0.29, 0.717) is 10.2 Å². The van der Waals surface area contributed by atoms with Crippen molar-refractivity contribution < 1.29 is 0 Å². The van der Waals surface area contributed by atoms with Gasteiger partial charge in [-0.25, -0.2) is 4.79 Å². The molecule has 0 saturated heterocycles. The van der Waals surface area contributed by atoms with Crippen LogP contribution in [-0.2, 0) is 6.54 Å². The molecule has 0 radical (unpaired) electrons. The number of nitrogens with zero attached hydrogens (tertiary/aromatic N) is 1. The molecule has 0 aromatic carbocycles. The van der Waals surface area contributed by atoms with Crippen LogP contribution in [0.4, 0.5) is 0 Å². The molecule has 2 heterocycles. The maximum atomic E-state index is 12.1. The molecule has 0 aliphatic carbocycles. The summed E-state index contributed by atoms with van der Waals surface area (Å²) in [6, 6.07) is 0. The van der Waals surface area contributed by atoms with Crippen LogP contribution >= 0.6 is 11.3 Å². The van der Waals surface area contributed by atoms with Crippen molar-refractivity contribution in [3.05, 3.63) is 31.3 Å². The molecular formula is C10H13N3O2S. The van der Waals surface area contributed by atoms with Gasteiger partial charge >= 0.3 is 5.69 Å². The lowest BCUT2D eigenvalue weighted by Gasteiger charge is -2.02. The fraction of sp³-hybridized carbons (Fsp3) is 0.400. The maximum absolute atomic E-state index is 12.1. The topological polar surface area (TPSA) is 80.9 Å². The molecule has 0 aliphatic rings. The average molecular weight is 239 g/mol. The van der Waals surface area contributed by atoms with Gasteiger partial charge in [0, 0.05) is 18.0 Å². The van der Waals surface area contributed by atoms with E-state index in [-0.39, 0.29) is 24.3 Å². The lowest BCUT2D eigenvalue weighted by atomic mass is 10.2. The fourth-order valence-electron chi connectivity index (χ4n) is 1.70. The van der Waals surface area contributed by atoms with Gasteiger partial charge in [-0.1, -0.05) is 0 Å². The summed E-state index contributed by atoms with van der Waals surface area (Å²) in [6.07, 6.45) is 0. The van der Waals surface area contributed by atoms with Crippen LogP contribution in [-0.4, -0.2) is 16.1 Å². The monoisotopic (exact) mass is 239 g/mol. The first kappa shape index (κ1) is 11.1. The zero-order valence-electron chi connectivity index (χ0n) is 9.16. The number of nitrogens with one attached hydrogen (secondary N) is 1. The number of aromatic nitrogens is 2. The Balaban J connectivity index is 2.91. The van der Waals surface area contributed by atoms with Gasteiger partial charge in [-0.15, -0.1) is 11.3 Å². The summed E-state index contributed by atoms with van der Waals surface area (Å²) in [5, 5.41) is 0.607. The minimum absolute atomic E-state index is 0.244. The van der Waals surface area contributed by atoms with E-state index in [9.17, 15) is 9.59 Å². The second-order valence-electron chi connectivity index (χ2n) is 3.66. The minimum Gasteiger partial charge on any atom is -0.329 e. The lowest BCUT2D eigenvalue weighted by molar-refractivity contribution is 0.647. The molecule has 0 saturated carbocycles. The summed E-state index contributed by atoms with van der Waals surface area (Å²) in [5.74, 6) is 0. The highest BCUT2D eigenvalue weighted by Crippen LogP contribution is 2.24. The molecule has 3 N–H and O–H groups in total. The van der Waals surface area contributed by atoms with Gasteiger partial charge < -0.3 is 5.73 Å². The summed E-state index contributed by atoms with van der Waals surface area (Å²) >= 11 is 1.43. The molecule has 0 spiro atoms. The van der Waals surface area contributed by atoms with E-state index in [1.807, 2.05) is 13.8 Å². The first-order valence-electron chi connectivity index (χ1n) is 4.99. The molecule has 0 bridgehead atoms. The van der Waals surface area contributed by atoms with Gasteiger partial charge in [-0.05, 0) is 19.4 Å². The van der Waals surface area contributed by atoms with Crippen LogP contribution < -0.4 is 17.0 Å². The quantitative estimate of drug-likeness (QED) is 0.792. The summed E-state index contributed by atoms with van der Waals surface area (Å²) in [4.78, 5) is 28.1. The molecule has 2 aromatic heterocycles. The number of hydrogen-bond donors (Lipinski definition) is 2. The number of aryl methyl sites for hydroxylation is 2. The van der Waals surface area contributed by atoms with Gasteiger partial charge in [0.2, 0.25) is 0 Å². The third-order valence-corrected chi connectivity index (χ3v) is 3.79. The molecule has 2 rings (SSSR count). The van der Waals surface area contributed by atoms with Crippen LogP contribution in [0, 0.1) is 13.8 Å². The highest BCUT2D eigenvalue weighted by molar-refractivity contribution is 7.18. The smallest absolute Gasteiger partial charge is 0.329 e. The van der Waals surface area contributed by atoms with Crippen LogP contribution in [0.15, 0.2) is 9.59 Å². The second kappa shape index (κ2) is 3.88. The zero-order valence-corrected chi connectivity index (χ0v) is 9.98. The molecule has 0 atom stereocenters. The Morgan fingerprint density at radius 1 is 1.38 bits per heavy atom. The van der Waals surface area contributed by atoms with Crippen LogP contribution in [0.1, 0.15) is 10.4 Å². The van der Waals surface area contributed by atoms with Crippen LogP contribution in [0.3, 0.4) is 0 Å². The highest BCUT2D eigenvalue weighted by Gasteiger charge is 2.13. The van der Waals surface area contributed by atoms with Crippen molar-refractivity contribution >= 4 is 21.6 Å². The summed E-state index contributed by atoms with van der Waals surface area (Å²) < 4.78 is 1.15. The molecule has 16 heavy (non-hydrogen) atoms. The standard InChI is InChI=1S/C10H13N3O2S/c1-5-6(2)16-8-7(5)9(14)13(4-3-11)10(15)12-8/h3-4,11H2,1-2H3,(H,12,15). The highest BCUT2D eigenvalue weighted by atomic mass is 32.1. The van der Waals surface area contributed by atoms with Crippen molar-refractivity contribution in [2.75, 3.05) is 6.54 Å². The summed E-state index contributed by atoms with van der Waals surface area (Å²) in [7, 11) is 0. The van der Waals surface area contributed by atoms with Crippen molar-refractivity contribution in [3.8, 4) is 0 Å². The third-order valence-electron chi connectivity index (χ3n) is 2.66. The Bertz CT molecular complexity index is 650. The van der Waals surface area contributed by atoms with E-state index >= 15 is 0 Å². The third kappa shape index (κ3) is 1.50. The number of H-pyrrole nitrogens is 1. The number of fused-ring (bicyclic) bond motifs is 1. The van der Waals surface area contributed by atoms with Crippen molar-refractivity contribution in [3.63, 3.8) is 0 Å². The van der Waals surface area contributed by atoms with E-state index in [4.69, 9.17) is 5.73 Å². The molecule has 0 fully saturated rings. The van der Waals surface area contributed by atoms with Crippen molar-refractivity contribution in [2.45, 2.75) is 20.4 Å². The lowest BCUT2D eigenvalue weighted by Crippen LogP contribution is -2.36. The Hall–Kier alpha value is -1.40. The van der Waals surface area contributed by atoms with Gasteiger partial charge in [-0.2, -0.15) is 0 Å². The SMILES string of the molecule is Cc1sc2[nH]c(=O)n(CCN)c(=O)c2c1C. The van der Waals surface area contributed by atoms with E-state index in [2.05, 4.69) is 4.98 Å². The second-order valence-corrected chi connectivity index (χ2v) is 4.89. The van der Waals surface area contributed by atoms with E-state index in [0.717, 1.165) is 15.0 Å². The number of thiophene rings is 1. The average Bonchev–Trinajstić information content (AvgIpc) is 2.49. The van der Waals surface area contributed by atoms with E-state index in [1.54, 1.807) is 0 Å². The Labute approximate surface area is 95.5 Å². The zero-order chi connectivity index (χ0) is 11.9. The molecule has 5 nitrogen and oxygen atoms in total. The van der Waals surface area contributed by atoms with Crippen molar-refractivity contribution in [1.29, 1.82) is 0 Å². The molecule has 0 unspecified atom stereocenters. The number of rotatable bonds is 2. The number of aromatic amines is 1. The predicted octanol–water partition coefficient (Wildman–Crippen LogP) is 0.327. The van der Waals surface area contributed by atoms with E-state index < -0.39 is 0 Å². The summed E-state index contributed by atoms with van der Waals surface area (Å²) in [6.45, 7) is 4.35. The van der Waals surface area contributed by atoms with Gasteiger partial charge in [0.15, 0.2) is 0 Å². The van der Waals surface area contributed by atoms with Crippen LogP contribution in [0.25, 0.3) is 10.2 Å². The molecular weight excluding hydrogens is 226 g/mol. The number of nitrogens with two attached hydrogens (primary N) is 1. The van der Waals surface area contributed by atoms with Crippen molar-refractivity contribution in [1.82, 2.24) is 9.55 Å². The minimum atomic E-state index is -0.385. The van der Waals surface area contributed by atoms with Crippen molar-refractivity contribution in [2.24, 2.45) is 5.73 Å². The largest absolute Gasteiger partial charge is 0.329 e. The molecule has 6 heteroatoms. The normalized spacial score (nSPS) is 11.2. The van der Waals surface area contributed by atoms with Crippen LogP contribution in [0.5, 0.6) is 0 Å². The van der Waals surface area contributed by atoms with Gasteiger partial charge in [0.25, 0.3) is 5.56 Å². The van der Waals surface area contributed by atoms with Gasteiger partial charge in [0.05, 0.1) is 5.39 Å². The predicted molar refractivity (Wildman–Crippen MR) is 65.2 cm³/mol. The van der Waals surface area contributed by atoms with Gasteiger partial charge in [0.1, 0.15) is 4.83 Å². The first-order chi connectivity index (χ1) is 7.56. The number of hydrogen-bond acceptors (Lipinski definition) is 4. The Morgan fingerprint density at radius 3 is 2.69 bits per heavy atom. The Morgan fingerprint density at radius 2 is 2.06 bits per heavy atom. The van der Waals surface area contributed by atoms with E-state index in [1.165, 1.54) is 11.3 Å². The fourth-order valence-corrected chi connectivity index (χ4v) is 2.74. The molecule has 86 valence electrons. The Kier molecular flexibility index (Phi) is 2.69. The first-order valence-corrected chi connectivity index (χ1v) is 5.80. The van der Waals surface area contributed by atoms with Gasteiger partial charge in [-0.3, -0.25) is 14.3 Å². The molecule has 0 aliphatic heterocycles. The molecule has 0 amide bonds. The molecule has 2 aromatic rings. The maximum Gasteiger partial charge on any atom is 0.329 e. The van der Waals surface area contributed by atoms with Crippen LogP contribution in [0.2, 0.25) is 0 Å².